The highest BCUT2D eigenvalue weighted by Crippen LogP contribution is 2.39. The molecule has 0 N–H and O–H groups in total. The van der Waals surface area contributed by atoms with Crippen molar-refractivity contribution in [1.82, 2.24) is 15.0 Å². The number of aromatic nitrogens is 3. The van der Waals surface area contributed by atoms with Crippen LogP contribution in [0.4, 0.5) is 0 Å². The Bertz CT molecular complexity index is 3200. The van der Waals surface area contributed by atoms with Gasteiger partial charge in [-0.15, -0.1) is 0 Å². The van der Waals surface area contributed by atoms with Crippen LogP contribution in [0.1, 0.15) is 0 Å². The van der Waals surface area contributed by atoms with Crippen LogP contribution in [0.5, 0.6) is 0 Å². The summed E-state index contributed by atoms with van der Waals surface area (Å²) in [6, 6.07) is 64.7. The number of fused-ring (bicyclic) bond motifs is 6. The average Bonchev–Trinajstić information content (AvgIpc) is 3.85. The van der Waals surface area contributed by atoms with Gasteiger partial charge in [-0.25, -0.2) is 15.0 Å². The first-order chi connectivity index (χ1) is 27.7. The van der Waals surface area contributed by atoms with E-state index in [0.717, 1.165) is 93.9 Å². The highest BCUT2D eigenvalue weighted by atomic mass is 16.3. The molecule has 3 heterocycles. The summed E-state index contributed by atoms with van der Waals surface area (Å²) in [5, 5.41) is 4.35. The third-order valence-corrected chi connectivity index (χ3v) is 10.5. The van der Waals surface area contributed by atoms with Crippen LogP contribution in [0.3, 0.4) is 0 Å². The van der Waals surface area contributed by atoms with E-state index in [-0.39, 0.29) is 0 Å². The van der Waals surface area contributed by atoms with E-state index >= 15 is 0 Å². The van der Waals surface area contributed by atoms with E-state index in [4.69, 9.17) is 23.8 Å². The van der Waals surface area contributed by atoms with E-state index in [1.807, 2.05) is 78.9 Å². The van der Waals surface area contributed by atoms with Crippen molar-refractivity contribution in [2.45, 2.75) is 0 Å². The lowest BCUT2D eigenvalue weighted by Gasteiger charge is -2.09. The van der Waals surface area contributed by atoms with Crippen LogP contribution in [0, 0.1) is 0 Å². The maximum absolute atomic E-state index is 6.73. The normalized spacial score (nSPS) is 11.6. The molecule has 0 atom stereocenters. The standard InChI is InChI=1S/C51H31N3O2/c1-3-12-32(13-4-1)49-52-50(33-14-5-2-6-15-33)54-51(53-49)39-24-26-42-43-22-11-21-40(48(43)56-47(42)31-39)38-19-10-18-36(29-38)34-16-9-17-35(28-34)37-25-27-46-44(30-37)41-20-7-8-23-45(41)55-46/h1-31H. The fourth-order valence-electron chi connectivity index (χ4n) is 7.75. The van der Waals surface area contributed by atoms with E-state index in [9.17, 15) is 0 Å². The second kappa shape index (κ2) is 13.0. The van der Waals surface area contributed by atoms with Crippen LogP contribution in [0.15, 0.2) is 197 Å². The predicted molar refractivity (Wildman–Crippen MR) is 227 cm³/mol. The Morgan fingerprint density at radius 1 is 0.268 bits per heavy atom. The molecule has 3 aromatic heterocycles. The Morgan fingerprint density at radius 2 is 0.768 bits per heavy atom. The fourth-order valence-corrected chi connectivity index (χ4v) is 7.75. The molecule has 0 aliphatic rings. The topological polar surface area (TPSA) is 65.0 Å². The molecule has 0 bridgehead atoms. The largest absolute Gasteiger partial charge is 0.456 e. The van der Waals surface area contributed by atoms with Gasteiger partial charge in [0.15, 0.2) is 17.5 Å². The summed E-state index contributed by atoms with van der Waals surface area (Å²) < 4.78 is 12.8. The Hall–Kier alpha value is -7.63. The summed E-state index contributed by atoms with van der Waals surface area (Å²) in [7, 11) is 0. The molecule has 8 aromatic carbocycles. The van der Waals surface area contributed by atoms with Crippen molar-refractivity contribution in [3.8, 4) is 67.5 Å². The van der Waals surface area contributed by atoms with Crippen LogP contribution in [-0.4, -0.2) is 15.0 Å². The number of para-hydroxylation sites is 2. The van der Waals surface area contributed by atoms with Crippen molar-refractivity contribution in [2.24, 2.45) is 0 Å². The number of benzene rings is 8. The van der Waals surface area contributed by atoms with Crippen molar-refractivity contribution in [2.75, 3.05) is 0 Å². The van der Waals surface area contributed by atoms with Gasteiger partial charge in [-0.2, -0.15) is 0 Å². The molecule has 5 heteroatoms. The second-order valence-corrected chi connectivity index (χ2v) is 14.0. The minimum absolute atomic E-state index is 0.591. The molecule has 0 radical (unpaired) electrons. The molecule has 5 nitrogen and oxygen atoms in total. The summed E-state index contributed by atoms with van der Waals surface area (Å²) in [5.41, 5.74) is 12.8. The fraction of sp³-hybridized carbons (Fsp3) is 0. The van der Waals surface area contributed by atoms with Crippen LogP contribution in [-0.2, 0) is 0 Å². The molecular weight excluding hydrogens is 687 g/mol. The SMILES string of the molecule is c1ccc(-c2nc(-c3ccccc3)nc(-c3ccc4c(c3)oc3c(-c5cccc(-c6cccc(-c7ccc8oc9ccccc9c8c7)c6)c5)cccc34)n2)cc1. The Morgan fingerprint density at radius 3 is 1.48 bits per heavy atom. The summed E-state index contributed by atoms with van der Waals surface area (Å²) in [6.45, 7) is 0. The van der Waals surface area contributed by atoms with Crippen LogP contribution in [0.25, 0.3) is 111 Å². The molecule has 0 unspecified atom stereocenters. The van der Waals surface area contributed by atoms with Gasteiger partial charge in [-0.3, -0.25) is 0 Å². The van der Waals surface area contributed by atoms with E-state index in [1.165, 1.54) is 0 Å². The zero-order chi connectivity index (χ0) is 37.0. The lowest BCUT2D eigenvalue weighted by atomic mass is 9.95. The van der Waals surface area contributed by atoms with E-state index in [1.54, 1.807) is 0 Å². The minimum atomic E-state index is 0.591. The van der Waals surface area contributed by atoms with Gasteiger partial charge < -0.3 is 8.83 Å². The molecule has 11 aromatic rings. The molecule has 0 spiro atoms. The molecule has 0 saturated heterocycles. The van der Waals surface area contributed by atoms with Crippen molar-refractivity contribution >= 4 is 43.9 Å². The Kier molecular flexibility index (Phi) is 7.42. The second-order valence-electron chi connectivity index (χ2n) is 14.0. The third-order valence-electron chi connectivity index (χ3n) is 10.5. The highest BCUT2D eigenvalue weighted by Gasteiger charge is 2.17. The molecule has 0 aliphatic heterocycles. The Balaban J connectivity index is 0.970. The predicted octanol–water partition coefficient (Wildman–Crippen LogP) is 13.7. The number of furan rings is 2. The maximum atomic E-state index is 6.73. The smallest absolute Gasteiger partial charge is 0.164 e. The van der Waals surface area contributed by atoms with Crippen molar-refractivity contribution in [1.29, 1.82) is 0 Å². The lowest BCUT2D eigenvalue weighted by molar-refractivity contribution is 0.669. The number of hydrogen-bond acceptors (Lipinski definition) is 5. The van der Waals surface area contributed by atoms with Crippen LogP contribution >= 0.6 is 0 Å². The molecule has 262 valence electrons. The number of rotatable bonds is 6. The van der Waals surface area contributed by atoms with Gasteiger partial charge in [-0.1, -0.05) is 146 Å². The van der Waals surface area contributed by atoms with E-state index < -0.39 is 0 Å². The summed E-state index contributed by atoms with van der Waals surface area (Å²) in [4.78, 5) is 14.7. The van der Waals surface area contributed by atoms with Crippen LogP contribution < -0.4 is 0 Å². The quantitative estimate of drug-likeness (QED) is 0.171. The lowest BCUT2D eigenvalue weighted by Crippen LogP contribution is -2.00. The monoisotopic (exact) mass is 717 g/mol. The first-order valence-electron chi connectivity index (χ1n) is 18.7. The molecule has 11 rings (SSSR count). The molecule has 0 saturated carbocycles. The molecule has 0 aliphatic carbocycles. The van der Waals surface area contributed by atoms with Gasteiger partial charge in [0.05, 0.1) is 0 Å². The highest BCUT2D eigenvalue weighted by molar-refractivity contribution is 6.10. The zero-order valence-corrected chi connectivity index (χ0v) is 30.1. The van der Waals surface area contributed by atoms with Gasteiger partial charge in [0.2, 0.25) is 0 Å². The van der Waals surface area contributed by atoms with Gasteiger partial charge in [0.1, 0.15) is 22.3 Å². The third kappa shape index (κ3) is 5.53. The summed E-state index contributed by atoms with van der Waals surface area (Å²) >= 11 is 0. The van der Waals surface area contributed by atoms with E-state index in [2.05, 4.69) is 109 Å². The average molecular weight is 718 g/mol. The number of nitrogens with zero attached hydrogens (tertiary/aromatic N) is 3. The van der Waals surface area contributed by atoms with E-state index in [0.29, 0.717) is 17.5 Å². The molecular formula is C51H31N3O2. The first kappa shape index (κ1) is 31.9. The van der Waals surface area contributed by atoms with Gasteiger partial charge in [-0.05, 0) is 70.3 Å². The number of hydrogen-bond donors (Lipinski definition) is 0. The van der Waals surface area contributed by atoms with Gasteiger partial charge in [0, 0.05) is 43.8 Å². The van der Waals surface area contributed by atoms with Crippen molar-refractivity contribution in [3.05, 3.63) is 188 Å². The van der Waals surface area contributed by atoms with Crippen molar-refractivity contribution in [3.63, 3.8) is 0 Å². The van der Waals surface area contributed by atoms with Crippen molar-refractivity contribution < 1.29 is 8.83 Å². The molecule has 0 fully saturated rings. The minimum Gasteiger partial charge on any atom is -0.456 e. The summed E-state index contributed by atoms with van der Waals surface area (Å²) in [5.74, 6) is 1.84. The Labute approximate surface area is 322 Å². The van der Waals surface area contributed by atoms with Gasteiger partial charge >= 0.3 is 0 Å². The molecule has 56 heavy (non-hydrogen) atoms. The first-order valence-corrected chi connectivity index (χ1v) is 18.7. The maximum Gasteiger partial charge on any atom is 0.164 e. The van der Waals surface area contributed by atoms with Gasteiger partial charge in [0.25, 0.3) is 0 Å². The zero-order valence-electron chi connectivity index (χ0n) is 30.1. The van der Waals surface area contributed by atoms with Crippen LogP contribution in [0.2, 0.25) is 0 Å². The summed E-state index contributed by atoms with van der Waals surface area (Å²) in [6.07, 6.45) is 0. The molecule has 0 amide bonds.